The Hall–Kier alpha value is -4.57. The summed E-state index contributed by atoms with van der Waals surface area (Å²) in [5.74, 6) is 0.587. The number of fused-ring (bicyclic) bond motifs is 1. The first-order valence-electron chi connectivity index (χ1n) is 11.9. The lowest BCUT2D eigenvalue weighted by Gasteiger charge is -2.25. The fourth-order valence-corrected chi connectivity index (χ4v) is 5.21. The van der Waals surface area contributed by atoms with Gasteiger partial charge in [-0.3, -0.25) is 9.36 Å². The van der Waals surface area contributed by atoms with Gasteiger partial charge in [0.2, 0.25) is 0 Å². The van der Waals surface area contributed by atoms with E-state index >= 15 is 0 Å². The summed E-state index contributed by atoms with van der Waals surface area (Å²) in [6.45, 7) is 9.27. The van der Waals surface area contributed by atoms with Gasteiger partial charge >= 0.3 is 5.97 Å². The number of aromatic nitrogens is 1. The zero-order valence-corrected chi connectivity index (χ0v) is 22.6. The van der Waals surface area contributed by atoms with Gasteiger partial charge in [-0.1, -0.05) is 48.8 Å². The maximum Gasteiger partial charge on any atom is 0.338 e. The highest BCUT2D eigenvalue weighted by Gasteiger charge is 2.34. The number of phenols is 1. The number of hydrogen-bond acceptors (Lipinski definition) is 9. The molecule has 39 heavy (non-hydrogen) atoms. The molecule has 1 N–H and O–H groups in total. The summed E-state index contributed by atoms with van der Waals surface area (Å²) in [5, 5.41) is 9.93. The Balaban J connectivity index is 1.92. The lowest BCUT2D eigenvalue weighted by molar-refractivity contribution is -0.138. The Morgan fingerprint density at radius 3 is 2.51 bits per heavy atom. The van der Waals surface area contributed by atoms with Crippen molar-refractivity contribution in [2.75, 3.05) is 27.4 Å². The molecule has 9 nitrogen and oxygen atoms in total. The molecule has 4 rings (SSSR count). The third-order valence-corrected chi connectivity index (χ3v) is 6.92. The lowest BCUT2D eigenvalue weighted by Crippen LogP contribution is -2.40. The minimum atomic E-state index is -0.836. The molecule has 1 aromatic heterocycles. The average Bonchev–Trinajstić information content (AvgIpc) is 3.24. The van der Waals surface area contributed by atoms with Crippen molar-refractivity contribution in [2.45, 2.75) is 13.0 Å². The number of carbonyl (C=O) groups excluding carboxylic acids is 1. The summed E-state index contributed by atoms with van der Waals surface area (Å²) < 4.78 is 23.7. The number of benzene rings is 2. The van der Waals surface area contributed by atoms with Crippen molar-refractivity contribution in [2.24, 2.45) is 4.99 Å². The summed E-state index contributed by atoms with van der Waals surface area (Å²) >= 11 is 1.19. The van der Waals surface area contributed by atoms with Crippen LogP contribution >= 0.6 is 11.3 Å². The van der Waals surface area contributed by atoms with E-state index in [0.29, 0.717) is 37.7 Å². The van der Waals surface area contributed by atoms with Crippen molar-refractivity contribution in [1.29, 1.82) is 0 Å². The normalized spacial score (nSPS) is 14.7. The highest BCUT2D eigenvalue weighted by atomic mass is 32.1. The van der Waals surface area contributed by atoms with Crippen molar-refractivity contribution in [3.05, 3.63) is 104 Å². The SMILES string of the molecule is C=CCOC(=O)C1=C(C)N=c2s/c(=C\c3ccc(O)c(OC)c3)c(=O)n2C1c1ccc(OCC=C)c(OC)c1. The zero-order chi connectivity index (χ0) is 28.1. The number of carbonyl (C=O) groups is 1. The first-order valence-corrected chi connectivity index (χ1v) is 12.7. The van der Waals surface area contributed by atoms with E-state index in [4.69, 9.17) is 18.9 Å². The molecule has 1 unspecified atom stereocenters. The van der Waals surface area contributed by atoms with Crippen molar-refractivity contribution in [3.8, 4) is 23.0 Å². The average molecular weight is 549 g/mol. The molecule has 3 aromatic rings. The number of thiazole rings is 1. The van der Waals surface area contributed by atoms with E-state index in [1.165, 1.54) is 42.3 Å². The Morgan fingerprint density at radius 1 is 1.08 bits per heavy atom. The predicted molar refractivity (Wildman–Crippen MR) is 148 cm³/mol. The van der Waals surface area contributed by atoms with Crippen LogP contribution in [0.4, 0.5) is 0 Å². The molecule has 0 saturated carbocycles. The molecule has 0 spiro atoms. The van der Waals surface area contributed by atoms with Crippen LogP contribution in [-0.4, -0.2) is 43.1 Å². The van der Waals surface area contributed by atoms with E-state index in [1.807, 2.05) is 0 Å². The Kier molecular flexibility index (Phi) is 8.36. The van der Waals surface area contributed by atoms with Gasteiger partial charge in [0, 0.05) is 0 Å². The van der Waals surface area contributed by atoms with E-state index in [2.05, 4.69) is 18.2 Å². The topological polar surface area (TPSA) is 109 Å². The molecular formula is C29H28N2O7S. The number of aromatic hydroxyl groups is 1. The van der Waals surface area contributed by atoms with Gasteiger partial charge < -0.3 is 24.1 Å². The van der Waals surface area contributed by atoms with Crippen LogP contribution in [0.3, 0.4) is 0 Å². The van der Waals surface area contributed by atoms with Crippen LogP contribution < -0.4 is 29.1 Å². The summed E-state index contributed by atoms with van der Waals surface area (Å²) in [6.07, 6.45) is 4.78. The molecule has 0 saturated heterocycles. The Bertz CT molecular complexity index is 1650. The molecule has 2 aromatic carbocycles. The monoisotopic (exact) mass is 548 g/mol. The number of methoxy groups -OCH3 is 2. The molecule has 1 aliphatic rings. The van der Waals surface area contributed by atoms with Crippen LogP contribution in [0.15, 0.2) is 82.8 Å². The maximum absolute atomic E-state index is 13.8. The van der Waals surface area contributed by atoms with Crippen LogP contribution in [0.2, 0.25) is 0 Å². The first kappa shape index (κ1) is 27.5. The van der Waals surface area contributed by atoms with Crippen molar-refractivity contribution in [1.82, 2.24) is 4.57 Å². The maximum atomic E-state index is 13.8. The van der Waals surface area contributed by atoms with E-state index in [-0.39, 0.29) is 35.8 Å². The molecule has 0 radical (unpaired) electrons. The molecule has 0 fully saturated rings. The van der Waals surface area contributed by atoms with E-state index in [1.54, 1.807) is 49.4 Å². The minimum Gasteiger partial charge on any atom is -0.504 e. The van der Waals surface area contributed by atoms with E-state index in [0.717, 1.165) is 0 Å². The van der Waals surface area contributed by atoms with Crippen molar-refractivity contribution < 1.29 is 28.8 Å². The van der Waals surface area contributed by atoms with Gasteiger partial charge in [-0.2, -0.15) is 0 Å². The highest BCUT2D eigenvalue weighted by molar-refractivity contribution is 7.07. The molecule has 0 bridgehead atoms. The number of hydrogen-bond donors (Lipinski definition) is 1. The van der Waals surface area contributed by atoms with Gasteiger partial charge in [0.05, 0.1) is 36.1 Å². The van der Waals surface area contributed by atoms with Crippen LogP contribution in [0.25, 0.3) is 6.08 Å². The highest BCUT2D eigenvalue weighted by Crippen LogP contribution is 2.36. The summed E-state index contributed by atoms with van der Waals surface area (Å²) in [7, 11) is 2.96. The smallest absolute Gasteiger partial charge is 0.338 e. The molecule has 1 atom stereocenters. The zero-order valence-electron chi connectivity index (χ0n) is 21.8. The second-order valence-electron chi connectivity index (χ2n) is 8.41. The quantitative estimate of drug-likeness (QED) is 0.306. The number of ether oxygens (including phenoxy) is 4. The number of allylic oxidation sites excluding steroid dienone is 1. The van der Waals surface area contributed by atoms with Gasteiger partial charge in [0.25, 0.3) is 5.56 Å². The van der Waals surface area contributed by atoms with Crippen LogP contribution in [0.5, 0.6) is 23.0 Å². The number of rotatable bonds is 10. The van der Waals surface area contributed by atoms with Gasteiger partial charge in [-0.25, -0.2) is 9.79 Å². The second-order valence-corrected chi connectivity index (χ2v) is 9.42. The molecule has 202 valence electrons. The van der Waals surface area contributed by atoms with Gasteiger partial charge in [-0.05, 0) is 48.4 Å². The third-order valence-electron chi connectivity index (χ3n) is 5.94. The molecule has 0 amide bonds. The van der Waals surface area contributed by atoms with E-state index in [9.17, 15) is 14.7 Å². The predicted octanol–water partition coefficient (Wildman–Crippen LogP) is 3.25. The summed E-state index contributed by atoms with van der Waals surface area (Å²) in [5.41, 5.74) is 1.57. The van der Waals surface area contributed by atoms with Crippen LogP contribution in [0, 0.1) is 0 Å². The Labute approximate surface area is 228 Å². The summed E-state index contributed by atoms with van der Waals surface area (Å²) in [6, 6.07) is 9.17. The van der Waals surface area contributed by atoms with Gasteiger partial charge in [0.15, 0.2) is 27.8 Å². The molecule has 2 heterocycles. The third kappa shape index (κ3) is 5.51. The van der Waals surface area contributed by atoms with E-state index < -0.39 is 12.0 Å². The van der Waals surface area contributed by atoms with Gasteiger partial charge in [0.1, 0.15) is 13.2 Å². The first-order chi connectivity index (χ1) is 18.8. The van der Waals surface area contributed by atoms with Crippen LogP contribution in [0.1, 0.15) is 24.1 Å². The van der Waals surface area contributed by atoms with Gasteiger partial charge in [-0.15, -0.1) is 0 Å². The second kappa shape index (κ2) is 11.9. The number of nitrogens with zero attached hydrogens (tertiary/aromatic N) is 2. The fourth-order valence-electron chi connectivity index (χ4n) is 4.17. The number of esters is 1. The standard InChI is InChI=1S/C29H28N2O7S/c1-6-12-37-21-11-9-19(16-23(21)36-5)26-25(28(34)38-13-7-2)17(3)30-29-31(26)27(33)24(39-29)15-18-8-10-20(32)22(14-18)35-4/h6-11,14-16,26,32H,1-2,12-13H2,3-5H3/b24-15-. The summed E-state index contributed by atoms with van der Waals surface area (Å²) in [4.78, 5) is 32.0. The molecular weight excluding hydrogens is 520 g/mol. The van der Waals surface area contributed by atoms with Crippen molar-refractivity contribution >= 4 is 23.4 Å². The van der Waals surface area contributed by atoms with Crippen LogP contribution in [-0.2, 0) is 9.53 Å². The lowest BCUT2D eigenvalue weighted by atomic mass is 9.95. The number of phenolic OH excluding ortho intramolecular Hbond substituents is 1. The van der Waals surface area contributed by atoms with Crippen molar-refractivity contribution in [3.63, 3.8) is 0 Å². The minimum absolute atomic E-state index is 0.00704. The fraction of sp³-hybridized carbons (Fsp3) is 0.207. The Morgan fingerprint density at radius 2 is 1.82 bits per heavy atom. The molecule has 10 heteroatoms. The molecule has 0 aliphatic carbocycles. The largest absolute Gasteiger partial charge is 0.504 e. The molecule has 1 aliphatic heterocycles.